The van der Waals surface area contributed by atoms with Crippen LogP contribution in [-0.4, -0.2) is 66.7 Å². The van der Waals surface area contributed by atoms with Gasteiger partial charge in [-0.2, -0.15) is 5.10 Å². The number of hydrogen-bond donors (Lipinski definition) is 0. The van der Waals surface area contributed by atoms with Gasteiger partial charge in [-0.3, -0.25) is 14.8 Å². The van der Waals surface area contributed by atoms with Crippen molar-refractivity contribution in [1.82, 2.24) is 34.6 Å². The third-order valence-corrected chi connectivity index (χ3v) is 5.47. The molecular weight excluding hydrogens is 392 g/mol. The summed E-state index contributed by atoms with van der Waals surface area (Å²) in [5.41, 5.74) is 4.12. The summed E-state index contributed by atoms with van der Waals surface area (Å²) in [5, 5.41) is 4.50. The molecule has 31 heavy (non-hydrogen) atoms. The monoisotopic (exact) mass is 414 g/mol. The molecule has 9 heteroatoms. The van der Waals surface area contributed by atoms with Gasteiger partial charge in [0.15, 0.2) is 5.82 Å². The summed E-state index contributed by atoms with van der Waals surface area (Å²) in [7, 11) is 0. The lowest BCUT2D eigenvalue weighted by Gasteiger charge is -2.35. The topological polar surface area (TPSA) is 92.9 Å². The predicted molar refractivity (Wildman–Crippen MR) is 116 cm³/mol. The van der Waals surface area contributed by atoms with Gasteiger partial charge >= 0.3 is 0 Å². The lowest BCUT2D eigenvalue weighted by atomic mass is 10.1. The highest BCUT2D eigenvalue weighted by Gasteiger charge is 2.23. The number of piperazine rings is 1. The van der Waals surface area contributed by atoms with Crippen molar-refractivity contribution in [2.75, 3.05) is 31.1 Å². The third kappa shape index (κ3) is 3.70. The first-order chi connectivity index (χ1) is 15.1. The first-order valence-corrected chi connectivity index (χ1v) is 10.2. The van der Waals surface area contributed by atoms with E-state index in [-0.39, 0.29) is 5.91 Å². The SMILES string of the molecule is Cc1cc(C)n(-c2cc(N3CCN(C(=O)c4ccc5nccnc5c4)CC3)ncn2)n1. The van der Waals surface area contributed by atoms with Crippen molar-refractivity contribution in [3.8, 4) is 5.82 Å². The summed E-state index contributed by atoms with van der Waals surface area (Å²) < 4.78 is 1.82. The maximum atomic E-state index is 13.0. The largest absolute Gasteiger partial charge is 0.353 e. The van der Waals surface area contributed by atoms with E-state index in [0.717, 1.165) is 34.1 Å². The van der Waals surface area contributed by atoms with Crippen LogP contribution in [0.2, 0.25) is 0 Å². The van der Waals surface area contributed by atoms with Gasteiger partial charge in [-0.1, -0.05) is 0 Å². The van der Waals surface area contributed by atoms with Gasteiger partial charge in [0, 0.05) is 55.9 Å². The van der Waals surface area contributed by atoms with Crippen LogP contribution in [0.5, 0.6) is 0 Å². The van der Waals surface area contributed by atoms with Crippen molar-refractivity contribution in [2.45, 2.75) is 13.8 Å². The van der Waals surface area contributed by atoms with E-state index in [1.54, 1.807) is 18.7 Å². The van der Waals surface area contributed by atoms with Gasteiger partial charge in [0.25, 0.3) is 5.91 Å². The molecule has 1 aliphatic rings. The number of carbonyl (C=O) groups is 1. The maximum Gasteiger partial charge on any atom is 0.254 e. The van der Waals surface area contributed by atoms with Crippen molar-refractivity contribution >= 4 is 22.8 Å². The number of amides is 1. The van der Waals surface area contributed by atoms with E-state index in [0.29, 0.717) is 31.7 Å². The normalized spacial score (nSPS) is 14.3. The van der Waals surface area contributed by atoms with Crippen LogP contribution in [-0.2, 0) is 0 Å². The summed E-state index contributed by atoms with van der Waals surface area (Å²) in [4.78, 5) is 34.4. The number of aromatic nitrogens is 6. The highest BCUT2D eigenvalue weighted by Crippen LogP contribution is 2.19. The molecule has 4 heterocycles. The van der Waals surface area contributed by atoms with E-state index in [2.05, 4.69) is 29.9 Å². The molecule has 9 nitrogen and oxygen atoms in total. The van der Waals surface area contributed by atoms with E-state index in [1.807, 2.05) is 53.8 Å². The molecular formula is C22H22N8O. The van der Waals surface area contributed by atoms with Gasteiger partial charge in [-0.05, 0) is 38.1 Å². The minimum atomic E-state index is 0.0122. The molecule has 1 aromatic carbocycles. The quantitative estimate of drug-likeness (QED) is 0.507. The Morgan fingerprint density at radius 2 is 1.58 bits per heavy atom. The number of aryl methyl sites for hydroxylation is 2. The van der Waals surface area contributed by atoms with Crippen LogP contribution in [0.3, 0.4) is 0 Å². The van der Waals surface area contributed by atoms with Crippen LogP contribution < -0.4 is 4.90 Å². The second-order valence-electron chi connectivity index (χ2n) is 7.61. The Morgan fingerprint density at radius 3 is 2.32 bits per heavy atom. The van der Waals surface area contributed by atoms with E-state index in [9.17, 15) is 4.79 Å². The van der Waals surface area contributed by atoms with E-state index in [1.165, 1.54) is 0 Å². The number of hydrogen-bond acceptors (Lipinski definition) is 7. The first kappa shape index (κ1) is 19.1. The number of anilines is 1. The van der Waals surface area contributed by atoms with Gasteiger partial charge in [-0.15, -0.1) is 0 Å². The summed E-state index contributed by atoms with van der Waals surface area (Å²) in [6, 6.07) is 9.43. The van der Waals surface area contributed by atoms with Gasteiger partial charge < -0.3 is 9.80 Å². The fourth-order valence-corrected chi connectivity index (χ4v) is 3.90. The van der Waals surface area contributed by atoms with Crippen LogP contribution in [0.15, 0.2) is 49.1 Å². The van der Waals surface area contributed by atoms with Crippen molar-refractivity contribution in [1.29, 1.82) is 0 Å². The number of fused-ring (bicyclic) bond motifs is 1. The maximum absolute atomic E-state index is 13.0. The van der Waals surface area contributed by atoms with Crippen LogP contribution in [0, 0.1) is 13.8 Å². The molecule has 0 radical (unpaired) electrons. The molecule has 1 saturated heterocycles. The molecule has 0 atom stereocenters. The Balaban J connectivity index is 1.29. The zero-order valence-electron chi connectivity index (χ0n) is 17.4. The predicted octanol–water partition coefficient (Wildman–Crippen LogP) is 2.18. The van der Waals surface area contributed by atoms with Crippen molar-refractivity contribution < 1.29 is 4.79 Å². The molecule has 1 amide bonds. The fraction of sp³-hybridized carbons (Fsp3) is 0.273. The fourth-order valence-electron chi connectivity index (χ4n) is 3.90. The first-order valence-electron chi connectivity index (χ1n) is 10.2. The van der Waals surface area contributed by atoms with Crippen LogP contribution in [0.4, 0.5) is 5.82 Å². The van der Waals surface area contributed by atoms with Crippen molar-refractivity contribution in [3.05, 3.63) is 66.0 Å². The van der Waals surface area contributed by atoms with E-state index in [4.69, 9.17) is 0 Å². The summed E-state index contributed by atoms with van der Waals surface area (Å²) in [5.74, 6) is 1.59. The Morgan fingerprint density at radius 1 is 0.839 bits per heavy atom. The lowest BCUT2D eigenvalue weighted by Crippen LogP contribution is -2.49. The average Bonchev–Trinajstić information content (AvgIpc) is 3.16. The minimum Gasteiger partial charge on any atom is -0.353 e. The van der Waals surface area contributed by atoms with E-state index >= 15 is 0 Å². The summed E-state index contributed by atoms with van der Waals surface area (Å²) in [6.07, 6.45) is 4.85. The molecule has 0 aliphatic carbocycles. The Hall–Kier alpha value is -3.88. The molecule has 0 bridgehead atoms. The molecule has 0 spiro atoms. The zero-order valence-corrected chi connectivity index (χ0v) is 17.4. The van der Waals surface area contributed by atoms with Crippen molar-refractivity contribution in [2.24, 2.45) is 0 Å². The van der Waals surface area contributed by atoms with Crippen LogP contribution >= 0.6 is 0 Å². The molecule has 1 fully saturated rings. The zero-order chi connectivity index (χ0) is 21.4. The Kier molecular flexibility index (Phi) is 4.78. The van der Waals surface area contributed by atoms with Crippen LogP contribution in [0.1, 0.15) is 21.7 Å². The molecule has 4 aromatic rings. The number of benzene rings is 1. The summed E-state index contributed by atoms with van der Waals surface area (Å²) in [6.45, 7) is 6.61. The van der Waals surface area contributed by atoms with Gasteiger partial charge in [0.2, 0.25) is 0 Å². The van der Waals surface area contributed by atoms with E-state index < -0.39 is 0 Å². The van der Waals surface area contributed by atoms with Gasteiger partial charge in [-0.25, -0.2) is 14.6 Å². The number of rotatable bonds is 3. The molecule has 0 N–H and O–H groups in total. The molecule has 0 unspecified atom stereocenters. The number of carbonyl (C=O) groups excluding carboxylic acids is 1. The number of nitrogens with zero attached hydrogens (tertiary/aromatic N) is 8. The highest BCUT2D eigenvalue weighted by atomic mass is 16.2. The molecule has 5 rings (SSSR count). The minimum absolute atomic E-state index is 0.0122. The second-order valence-corrected chi connectivity index (χ2v) is 7.61. The Bertz CT molecular complexity index is 1260. The Labute approximate surface area is 179 Å². The van der Waals surface area contributed by atoms with Gasteiger partial charge in [0.1, 0.15) is 12.1 Å². The third-order valence-electron chi connectivity index (χ3n) is 5.47. The second kappa shape index (κ2) is 7.75. The smallest absolute Gasteiger partial charge is 0.254 e. The van der Waals surface area contributed by atoms with Crippen molar-refractivity contribution in [3.63, 3.8) is 0 Å². The molecule has 1 aliphatic heterocycles. The standard InChI is InChI=1S/C22H22N8O/c1-15-11-16(2)30(27-15)21-13-20(25-14-26-21)28-7-9-29(10-8-28)22(31)17-3-4-18-19(12-17)24-6-5-23-18/h3-6,11-14H,7-10H2,1-2H3. The average molecular weight is 414 g/mol. The highest BCUT2D eigenvalue weighted by molar-refractivity contribution is 5.97. The molecule has 3 aromatic heterocycles. The molecule has 156 valence electrons. The van der Waals surface area contributed by atoms with Gasteiger partial charge in [0.05, 0.1) is 16.7 Å². The molecule has 0 saturated carbocycles. The lowest BCUT2D eigenvalue weighted by molar-refractivity contribution is 0.0746. The van der Waals surface area contributed by atoms with Crippen LogP contribution in [0.25, 0.3) is 16.9 Å². The summed E-state index contributed by atoms with van der Waals surface area (Å²) >= 11 is 0.